The highest BCUT2D eigenvalue weighted by atomic mass is 16.5. The van der Waals surface area contributed by atoms with Crippen LogP contribution in [0.25, 0.3) is 0 Å². The van der Waals surface area contributed by atoms with Gasteiger partial charge in [-0.3, -0.25) is 14.3 Å². The van der Waals surface area contributed by atoms with Crippen LogP contribution in [0.2, 0.25) is 0 Å². The van der Waals surface area contributed by atoms with Gasteiger partial charge in [0.15, 0.2) is 0 Å². The van der Waals surface area contributed by atoms with Crippen LogP contribution in [-0.4, -0.2) is 28.7 Å². The number of amides is 2. The highest BCUT2D eigenvalue weighted by Crippen LogP contribution is 2.32. The summed E-state index contributed by atoms with van der Waals surface area (Å²) < 4.78 is 6.70. The van der Waals surface area contributed by atoms with Gasteiger partial charge in [-0.2, -0.15) is 0 Å². The topological polar surface area (TPSA) is 76.5 Å². The minimum absolute atomic E-state index is 0.109. The standard InChI is InChI=1S/C22H22N4O3/c1-25-14-18(22(24-25)29-2)21(28)23-17-9-10-19-16(12-17)8-11-20(27)26(19)13-15-6-4-3-5-7-15/h3-7,9-10,12,14H,8,11,13H2,1-2H3,(H,23,28). The fraction of sp³-hybridized carbons (Fsp3) is 0.227. The van der Waals surface area contributed by atoms with Gasteiger partial charge in [-0.15, -0.1) is 5.10 Å². The smallest absolute Gasteiger partial charge is 0.262 e. The van der Waals surface area contributed by atoms with E-state index in [1.807, 2.05) is 53.4 Å². The number of fused-ring (bicyclic) bond motifs is 1. The van der Waals surface area contributed by atoms with E-state index in [2.05, 4.69) is 10.4 Å². The molecule has 7 heteroatoms. The summed E-state index contributed by atoms with van der Waals surface area (Å²) in [4.78, 5) is 26.9. The van der Waals surface area contributed by atoms with Gasteiger partial charge in [0, 0.05) is 31.0 Å². The third-order valence-corrected chi connectivity index (χ3v) is 4.95. The van der Waals surface area contributed by atoms with Crippen molar-refractivity contribution in [2.75, 3.05) is 17.3 Å². The van der Waals surface area contributed by atoms with E-state index in [0.717, 1.165) is 16.8 Å². The number of rotatable bonds is 5. The zero-order valence-electron chi connectivity index (χ0n) is 16.4. The zero-order chi connectivity index (χ0) is 20.4. The molecular formula is C22H22N4O3. The van der Waals surface area contributed by atoms with Gasteiger partial charge in [0.1, 0.15) is 5.56 Å². The van der Waals surface area contributed by atoms with Gasteiger partial charge < -0.3 is 15.0 Å². The number of hydrogen-bond donors (Lipinski definition) is 1. The summed E-state index contributed by atoms with van der Waals surface area (Å²) in [5.41, 5.74) is 4.05. The average molecular weight is 390 g/mol. The SMILES string of the molecule is COc1nn(C)cc1C(=O)Nc1ccc2c(c1)CCC(=O)N2Cc1ccccc1. The third-order valence-electron chi connectivity index (χ3n) is 4.95. The summed E-state index contributed by atoms with van der Waals surface area (Å²) in [5.74, 6) is 0.101. The van der Waals surface area contributed by atoms with Gasteiger partial charge in [-0.1, -0.05) is 30.3 Å². The fourth-order valence-corrected chi connectivity index (χ4v) is 3.55. The molecule has 2 heterocycles. The van der Waals surface area contributed by atoms with Crippen molar-refractivity contribution in [3.05, 3.63) is 71.4 Å². The zero-order valence-corrected chi connectivity index (χ0v) is 16.4. The monoisotopic (exact) mass is 390 g/mol. The van der Waals surface area contributed by atoms with Crippen molar-refractivity contribution in [1.82, 2.24) is 9.78 Å². The summed E-state index contributed by atoms with van der Waals surface area (Å²) >= 11 is 0. The summed E-state index contributed by atoms with van der Waals surface area (Å²) in [6.45, 7) is 0.533. The minimum atomic E-state index is -0.289. The molecule has 0 radical (unpaired) electrons. The minimum Gasteiger partial charge on any atom is -0.479 e. The van der Waals surface area contributed by atoms with Crippen molar-refractivity contribution in [2.24, 2.45) is 7.05 Å². The Kier molecular flexibility index (Phi) is 5.03. The Morgan fingerprint density at radius 3 is 2.72 bits per heavy atom. The molecule has 0 spiro atoms. The number of methoxy groups -OCH3 is 1. The second-order valence-corrected chi connectivity index (χ2v) is 6.99. The van der Waals surface area contributed by atoms with E-state index < -0.39 is 0 Å². The number of benzene rings is 2. The number of carbonyl (C=O) groups is 2. The molecule has 0 aliphatic carbocycles. The van der Waals surface area contributed by atoms with Crippen LogP contribution in [-0.2, 0) is 24.8 Å². The molecule has 1 aliphatic heterocycles. The largest absolute Gasteiger partial charge is 0.479 e. The maximum absolute atomic E-state index is 12.6. The van der Waals surface area contributed by atoms with Crippen LogP contribution < -0.4 is 15.0 Å². The maximum Gasteiger partial charge on any atom is 0.262 e. The summed E-state index contributed by atoms with van der Waals surface area (Å²) in [5, 5.41) is 7.01. The highest BCUT2D eigenvalue weighted by Gasteiger charge is 2.25. The van der Waals surface area contributed by atoms with E-state index >= 15 is 0 Å². The van der Waals surface area contributed by atoms with Gasteiger partial charge in [0.25, 0.3) is 5.91 Å². The van der Waals surface area contributed by atoms with Crippen molar-refractivity contribution in [1.29, 1.82) is 0 Å². The Morgan fingerprint density at radius 2 is 1.97 bits per heavy atom. The molecule has 3 aromatic rings. The van der Waals surface area contributed by atoms with Crippen LogP contribution in [0.1, 0.15) is 27.9 Å². The first-order valence-electron chi connectivity index (χ1n) is 9.41. The maximum atomic E-state index is 12.6. The van der Waals surface area contributed by atoms with E-state index in [-0.39, 0.29) is 17.7 Å². The average Bonchev–Trinajstić information content (AvgIpc) is 3.12. The summed E-state index contributed by atoms with van der Waals surface area (Å²) in [7, 11) is 3.22. The molecule has 148 valence electrons. The number of nitrogens with zero attached hydrogens (tertiary/aromatic N) is 3. The molecule has 4 rings (SSSR count). The normalized spacial score (nSPS) is 13.2. The lowest BCUT2D eigenvalue weighted by molar-refractivity contribution is -0.119. The van der Waals surface area contributed by atoms with Gasteiger partial charge in [0.05, 0.1) is 13.7 Å². The van der Waals surface area contributed by atoms with E-state index in [0.29, 0.717) is 30.6 Å². The molecule has 7 nitrogen and oxygen atoms in total. The molecule has 1 aromatic heterocycles. The van der Waals surface area contributed by atoms with Gasteiger partial charge in [-0.25, -0.2) is 0 Å². The van der Waals surface area contributed by atoms with Crippen LogP contribution in [0.5, 0.6) is 5.88 Å². The molecule has 0 saturated carbocycles. The lowest BCUT2D eigenvalue weighted by Crippen LogP contribution is -2.34. The van der Waals surface area contributed by atoms with Gasteiger partial charge in [0.2, 0.25) is 11.8 Å². The summed E-state index contributed by atoms with van der Waals surface area (Å²) in [6, 6.07) is 15.6. The van der Waals surface area contributed by atoms with Crippen LogP contribution in [0.15, 0.2) is 54.7 Å². The predicted octanol–water partition coefficient (Wildman–Crippen LogP) is 3.16. The van der Waals surface area contributed by atoms with Crippen LogP contribution in [0.4, 0.5) is 11.4 Å². The lowest BCUT2D eigenvalue weighted by atomic mass is 9.99. The number of ether oxygens (including phenoxy) is 1. The number of nitrogens with one attached hydrogen (secondary N) is 1. The fourth-order valence-electron chi connectivity index (χ4n) is 3.55. The Labute approximate surface area is 168 Å². The first-order chi connectivity index (χ1) is 14.0. The molecule has 0 bridgehead atoms. The van der Waals surface area contributed by atoms with Crippen molar-refractivity contribution < 1.29 is 14.3 Å². The molecule has 0 atom stereocenters. The number of aromatic nitrogens is 2. The molecule has 0 unspecified atom stereocenters. The van der Waals surface area contributed by atoms with E-state index in [4.69, 9.17) is 4.74 Å². The second-order valence-electron chi connectivity index (χ2n) is 6.99. The quantitative estimate of drug-likeness (QED) is 0.726. The van der Waals surface area contributed by atoms with Crippen LogP contribution >= 0.6 is 0 Å². The Morgan fingerprint density at radius 1 is 1.17 bits per heavy atom. The number of carbonyl (C=O) groups excluding carboxylic acids is 2. The summed E-state index contributed by atoms with van der Waals surface area (Å²) in [6.07, 6.45) is 2.72. The second kappa shape index (κ2) is 7.79. The van der Waals surface area contributed by atoms with Gasteiger partial charge >= 0.3 is 0 Å². The van der Waals surface area contributed by atoms with E-state index in [1.165, 1.54) is 11.8 Å². The molecule has 0 fully saturated rings. The third kappa shape index (κ3) is 3.85. The van der Waals surface area contributed by atoms with Crippen LogP contribution in [0.3, 0.4) is 0 Å². The van der Waals surface area contributed by atoms with Crippen molar-refractivity contribution in [3.8, 4) is 5.88 Å². The molecule has 2 aromatic carbocycles. The number of hydrogen-bond acceptors (Lipinski definition) is 4. The number of anilines is 2. The molecule has 1 N–H and O–H groups in total. The van der Waals surface area contributed by atoms with Crippen molar-refractivity contribution in [3.63, 3.8) is 0 Å². The predicted molar refractivity (Wildman–Crippen MR) is 110 cm³/mol. The highest BCUT2D eigenvalue weighted by molar-refractivity contribution is 6.06. The van der Waals surface area contributed by atoms with Crippen LogP contribution in [0, 0.1) is 0 Å². The van der Waals surface area contributed by atoms with Crippen molar-refractivity contribution >= 4 is 23.2 Å². The molecule has 29 heavy (non-hydrogen) atoms. The molecule has 0 saturated heterocycles. The Bertz CT molecular complexity index is 1060. The number of aryl methyl sites for hydroxylation is 2. The van der Waals surface area contributed by atoms with E-state index in [9.17, 15) is 9.59 Å². The lowest BCUT2D eigenvalue weighted by Gasteiger charge is -2.30. The first-order valence-corrected chi connectivity index (χ1v) is 9.41. The molecule has 2 amide bonds. The first kappa shape index (κ1) is 18.7. The molecular weight excluding hydrogens is 368 g/mol. The Hall–Kier alpha value is -3.61. The van der Waals surface area contributed by atoms with Crippen molar-refractivity contribution in [2.45, 2.75) is 19.4 Å². The van der Waals surface area contributed by atoms with E-state index in [1.54, 1.807) is 13.2 Å². The Balaban J connectivity index is 1.56. The molecule has 1 aliphatic rings. The van der Waals surface area contributed by atoms with Gasteiger partial charge in [-0.05, 0) is 35.7 Å².